The minimum Gasteiger partial charge on any atom is -0.497 e. The molecule has 3 heteroatoms. The molecule has 0 bridgehead atoms. The Morgan fingerprint density at radius 2 is 1.89 bits per heavy atom. The molecule has 104 valence electrons. The summed E-state index contributed by atoms with van der Waals surface area (Å²) in [5, 5.41) is 10.3. The summed E-state index contributed by atoms with van der Waals surface area (Å²) in [4.78, 5) is 0. The number of benzene rings is 1. The zero-order valence-corrected chi connectivity index (χ0v) is 13.4. The van der Waals surface area contributed by atoms with E-state index in [1.54, 1.807) is 7.11 Å². The van der Waals surface area contributed by atoms with E-state index in [-0.39, 0.29) is 0 Å². The molecule has 0 radical (unpaired) electrons. The second kappa shape index (κ2) is 6.76. The average molecular weight is 276 g/mol. The largest absolute Gasteiger partial charge is 0.497 e. The van der Waals surface area contributed by atoms with Crippen LogP contribution in [0.1, 0.15) is 18.1 Å². The topological polar surface area (TPSA) is 29.5 Å². The Morgan fingerprint density at radius 3 is 2.32 bits per heavy atom. The van der Waals surface area contributed by atoms with Crippen molar-refractivity contribution in [2.45, 2.75) is 38.2 Å². The third-order valence-corrected chi connectivity index (χ3v) is 4.42. The van der Waals surface area contributed by atoms with Crippen LogP contribution in [-0.4, -0.2) is 20.3 Å². The Morgan fingerprint density at radius 1 is 1.32 bits per heavy atom. The monoisotopic (exact) mass is 276 g/mol. The van der Waals surface area contributed by atoms with Gasteiger partial charge in [0.25, 0.3) is 0 Å². The molecular formula is C16H24O2Si. The van der Waals surface area contributed by atoms with Crippen molar-refractivity contribution < 1.29 is 9.84 Å². The van der Waals surface area contributed by atoms with Crippen molar-refractivity contribution in [3.63, 3.8) is 0 Å². The van der Waals surface area contributed by atoms with Gasteiger partial charge in [-0.25, -0.2) is 0 Å². The Balaban J connectivity index is 2.72. The molecule has 1 unspecified atom stereocenters. The van der Waals surface area contributed by atoms with Gasteiger partial charge in [-0.2, -0.15) is 0 Å². The summed E-state index contributed by atoms with van der Waals surface area (Å²) in [7, 11) is 0.442. The van der Waals surface area contributed by atoms with Crippen LogP contribution in [0.3, 0.4) is 0 Å². The van der Waals surface area contributed by atoms with Crippen molar-refractivity contribution in [3.05, 3.63) is 47.7 Å². The minimum atomic E-state index is -1.19. The molecule has 1 aromatic rings. The summed E-state index contributed by atoms with van der Waals surface area (Å²) in [6, 6.07) is 8.57. The van der Waals surface area contributed by atoms with E-state index >= 15 is 0 Å². The van der Waals surface area contributed by atoms with Gasteiger partial charge < -0.3 is 9.84 Å². The smallest absolute Gasteiger partial charge is 0.118 e. The van der Waals surface area contributed by atoms with Crippen molar-refractivity contribution in [1.29, 1.82) is 0 Å². The molecule has 1 rings (SSSR count). The molecular weight excluding hydrogens is 252 g/mol. The van der Waals surface area contributed by atoms with Crippen LogP contribution in [0.25, 0.3) is 0 Å². The molecule has 0 spiro atoms. The maximum Gasteiger partial charge on any atom is 0.118 e. The van der Waals surface area contributed by atoms with Gasteiger partial charge in [-0.05, 0) is 29.3 Å². The molecule has 1 aromatic carbocycles. The number of aliphatic hydroxyl groups is 1. The van der Waals surface area contributed by atoms with Crippen molar-refractivity contribution in [2.24, 2.45) is 0 Å². The molecule has 0 saturated carbocycles. The summed E-state index contributed by atoms with van der Waals surface area (Å²) in [5.74, 6) is 0.803. The highest BCUT2D eigenvalue weighted by Gasteiger charge is 2.18. The average Bonchev–Trinajstić information content (AvgIpc) is 2.36. The summed E-state index contributed by atoms with van der Waals surface area (Å²) >= 11 is 0. The van der Waals surface area contributed by atoms with Gasteiger partial charge in [0, 0.05) is 14.5 Å². The van der Waals surface area contributed by atoms with Gasteiger partial charge in [-0.1, -0.05) is 38.4 Å². The van der Waals surface area contributed by atoms with Gasteiger partial charge in [0.15, 0.2) is 0 Å². The predicted molar refractivity (Wildman–Crippen MR) is 83.4 cm³/mol. The second-order valence-corrected chi connectivity index (χ2v) is 11.5. The fourth-order valence-corrected chi connectivity index (χ4v) is 3.57. The van der Waals surface area contributed by atoms with Gasteiger partial charge in [-0.15, -0.1) is 5.73 Å². The van der Waals surface area contributed by atoms with Gasteiger partial charge in [-0.3, -0.25) is 0 Å². The molecule has 0 aliphatic rings. The third kappa shape index (κ3) is 5.47. The number of hydrogen-bond donors (Lipinski definition) is 1. The lowest BCUT2D eigenvalue weighted by atomic mass is 10.0. The van der Waals surface area contributed by atoms with Crippen LogP contribution < -0.4 is 4.74 Å². The molecule has 2 nitrogen and oxygen atoms in total. The predicted octanol–water partition coefficient (Wildman–Crippen LogP) is 4.17. The van der Waals surface area contributed by atoms with Crippen molar-refractivity contribution >= 4 is 8.07 Å². The van der Waals surface area contributed by atoms with Crippen LogP contribution in [0, 0.1) is 0 Å². The first kappa shape index (κ1) is 15.8. The van der Waals surface area contributed by atoms with E-state index in [0.717, 1.165) is 22.9 Å². The first-order valence-electron chi connectivity index (χ1n) is 6.55. The summed E-state index contributed by atoms with van der Waals surface area (Å²) in [5.41, 5.74) is 5.03. The minimum absolute atomic E-state index is 0.494. The standard InChI is InChI=1S/C16H24O2Si/c1-6-13(12-19(3,4)5)11-16(17)14-7-9-15(18-2)10-8-14/h7-10,16-17H,1,11-12H2,2-5H3. The Bertz CT molecular complexity index is 451. The molecule has 0 aromatic heterocycles. The van der Waals surface area contributed by atoms with Crippen LogP contribution in [0.2, 0.25) is 25.7 Å². The zero-order valence-electron chi connectivity index (χ0n) is 12.4. The number of hydrogen-bond acceptors (Lipinski definition) is 2. The molecule has 0 aliphatic heterocycles. The van der Waals surface area contributed by atoms with Crippen molar-refractivity contribution in [2.75, 3.05) is 7.11 Å². The second-order valence-electron chi connectivity index (χ2n) is 6.01. The highest BCUT2D eigenvalue weighted by Crippen LogP contribution is 2.27. The van der Waals surface area contributed by atoms with E-state index in [0.29, 0.717) is 6.42 Å². The lowest BCUT2D eigenvalue weighted by Crippen LogP contribution is -2.20. The van der Waals surface area contributed by atoms with Gasteiger partial charge in [0.1, 0.15) is 5.75 Å². The number of rotatable bonds is 6. The van der Waals surface area contributed by atoms with Crippen LogP contribution in [-0.2, 0) is 0 Å². The normalized spacial score (nSPS) is 12.7. The molecule has 0 saturated heterocycles. The van der Waals surface area contributed by atoms with E-state index in [9.17, 15) is 5.11 Å². The Kier molecular flexibility index (Phi) is 5.61. The lowest BCUT2D eigenvalue weighted by molar-refractivity contribution is 0.178. The van der Waals surface area contributed by atoms with E-state index in [1.165, 1.54) is 0 Å². The highest BCUT2D eigenvalue weighted by atomic mass is 28.3. The summed E-state index contributed by atoms with van der Waals surface area (Å²) in [6.45, 7) is 10.7. The third-order valence-electron chi connectivity index (χ3n) is 2.93. The van der Waals surface area contributed by atoms with E-state index in [2.05, 4.69) is 32.0 Å². The maximum absolute atomic E-state index is 10.3. The molecule has 0 fully saturated rings. The van der Waals surface area contributed by atoms with E-state index < -0.39 is 14.2 Å². The molecule has 0 amide bonds. The molecule has 1 atom stereocenters. The number of methoxy groups -OCH3 is 1. The van der Waals surface area contributed by atoms with Gasteiger partial charge in [0.2, 0.25) is 0 Å². The molecule has 1 N–H and O–H groups in total. The van der Waals surface area contributed by atoms with Crippen LogP contribution in [0.5, 0.6) is 5.75 Å². The fourth-order valence-electron chi connectivity index (χ4n) is 2.02. The van der Waals surface area contributed by atoms with Crippen LogP contribution >= 0.6 is 0 Å². The number of ether oxygens (including phenoxy) is 1. The van der Waals surface area contributed by atoms with E-state index in [1.807, 2.05) is 24.3 Å². The first-order chi connectivity index (χ1) is 8.85. The van der Waals surface area contributed by atoms with Crippen molar-refractivity contribution in [3.8, 4) is 5.75 Å². The fraction of sp³-hybridized carbons (Fsp3) is 0.438. The molecule has 0 heterocycles. The summed E-state index contributed by atoms with van der Waals surface area (Å²) < 4.78 is 5.11. The SMILES string of the molecule is C=C=C(CC(O)c1ccc(OC)cc1)C[Si](C)(C)C. The van der Waals surface area contributed by atoms with E-state index in [4.69, 9.17) is 4.74 Å². The van der Waals surface area contributed by atoms with Crippen LogP contribution in [0.4, 0.5) is 0 Å². The first-order valence-corrected chi connectivity index (χ1v) is 10.3. The molecule has 0 aliphatic carbocycles. The van der Waals surface area contributed by atoms with Crippen molar-refractivity contribution in [1.82, 2.24) is 0 Å². The Hall–Kier alpha value is -1.28. The maximum atomic E-state index is 10.3. The molecule has 19 heavy (non-hydrogen) atoms. The Labute approximate surface area is 117 Å². The highest BCUT2D eigenvalue weighted by molar-refractivity contribution is 6.76. The number of aliphatic hydroxyl groups excluding tert-OH is 1. The lowest BCUT2D eigenvalue weighted by Gasteiger charge is -2.19. The van der Waals surface area contributed by atoms with Crippen LogP contribution in [0.15, 0.2) is 42.1 Å². The zero-order chi connectivity index (χ0) is 14.5. The quantitative estimate of drug-likeness (QED) is 0.624. The van der Waals surface area contributed by atoms with Gasteiger partial charge >= 0.3 is 0 Å². The summed E-state index contributed by atoms with van der Waals surface area (Å²) in [6.07, 6.45) is 0.117. The van der Waals surface area contributed by atoms with Gasteiger partial charge in [0.05, 0.1) is 13.2 Å².